The highest BCUT2D eigenvalue weighted by molar-refractivity contribution is 9.10. The van der Waals surface area contributed by atoms with Crippen LogP contribution in [-0.2, 0) is 5.92 Å². The summed E-state index contributed by atoms with van der Waals surface area (Å²) in [5.74, 6) is -39.0. The van der Waals surface area contributed by atoms with Gasteiger partial charge in [-0.05, 0) is 28.1 Å². The van der Waals surface area contributed by atoms with Crippen molar-refractivity contribution in [1.29, 1.82) is 0 Å². The highest BCUT2D eigenvalue weighted by Gasteiger charge is 2.90. The maximum atomic E-state index is 14.0. The zero-order chi connectivity index (χ0) is 23.4. The number of hydrogen-bond acceptors (Lipinski definition) is 2. The van der Waals surface area contributed by atoms with Gasteiger partial charge in [0.2, 0.25) is 0 Å². The van der Waals surface area contributed by atoms with E-state index in [1.54, 1.807) is 0 Å². The Kier molecular flexibility index (Phi) is 6.02. The summed E-state index contributed by atoms with van der Waals surface area (Å²) in [6.07, 6.45) is -7.96. The number of rotatable bonds is 6. The van der Waals surface area contributed by atoms with E-state index in [0.29, 0.717) is 0 Å². The van der Waals surface area contributed by atoms with Gasteiger partial charge in [-0.3, -0.25) is 4.79 Å². The number of carbonyl (C=O) groups excluding carboxylic acids is 1. The summed E-state index contributed by atoms with van der Waals surface area (Å²) >= 11 is 2.25. The maximum Gasteiger partial charge on any atom is 0.460 e. The van der Waals surface area contributed by atoms with Gasteiger partial charge in [-0.2, -0.15) is 57.1 Å². The van der Waals surface area contributed by atoms with Crippen LogP contribution in [0.15, 0.2) is 16.6 Å². The molecule has 0 aliphatic heterocycles. The van der Waals surface area contributed by atoms with E-state index >= 15 is 0 Å². The Morgan fingerprint density at radius 1 is 0.724 bits per heavy atom. The van der Waals surface area contributed by atoms with Crippen molar-refractivity contribution in [3.8, 4) is 5.75 Å². The van der Waals surface area contributed by atoms with Crippen LogP contribution < -0.4 is 0 Å². The molecule has 0 atom stereocenters. The first-order valence-corrected chi connectivity index (χ1v) is 7.34. The third kappa shape index (κ3) is 3.42. The summed E-state index contributed by atoms with van der Waals surface area (Å²) in [4.78, 5) is 10.6. The van der Waals surface area contributed by atoms with Crippen molar-refractivity contribution in [3.63, 3.8) is 0 Å². The zero-order valence-electron chi connectivity index (χ0n) is 12.9. The SMILES string of the molecule is O=Cc1cc(C(F)(F)C(F)(F)C(F)(F)C(F)(F)C(F)(F)C(F)(F)F)cc(Br)c1O. The van der Waals surface area contributed by atoms with E-state index in [0.717, 1.165) is 0 Å². The maximum absolute atomic E-state index is 14.0. The molecule has 0 heterocycles. The van der Waals surface area contributed by atoms with Gasteiger partial charge < -0.3 is 5.11 Å². The van der Waals surface area contributed by atoms with Gasteiger partial charge in [-0.15, -0.1) is 0 Å². The van der Waals surface area contributed by atoms with Crippen LogP contribution in [0.25, 0.3) is 0 Å². The van der Waals surface area contributed by atoms with Crippen molar-refractivity contribution in [2.24, 2.45) is 0 Å². The first kappa shape index (κ1) is 25.3. The van der Waals surface area contributed by atoms with Crippen molar-refractivity contribution in [3.05, 3.63) is 27.7 Å². The van der Waals surface area contributed by atoms with Crippen LogP contribution in [-0.4, -0.2) is 41.3 Å². The molecular formula is C13H4BrF13O2. The van der Waals surface area contributed by atoms with Crippen molar-refractivity contribution in [2.75, 3.05) is 0 Å². The van der Waals surface area contributed by atoms with E-state index in [2.05, 4.69) is 15.9 Å². The van der Waals surface area contributed by atoms with Crippen molar-refractivity contribution in [1.82, 2.24) is 0 Å². The number of phenols is 1. The van der Waals surface area contributed by atoms with Crippen LogP contribution in [0, 0.1) is 0 Å². The molecule has 0 radical (unpaired) electrons. The minimum Gasteiger partial charge on any atom is -0.506 e. The molecule has 0 bridgehead atoms. The second kappa shape index (κ2) is 6.91. The second-order valence-corrected chi connectivity index (χ2v) is 6.24. The van der Waals surface area contributed by atoms with Gasteiger partial charge in [0.05, 0.1) is 10.0 Å². The predicted octanol–water partition coefficient (Wildman–Crippen LogP) is 6.16. The molecule has 16 heteroatoms. The molecule has 0 amide bonds. The van der Waals surface area contributed by atoms with E-state index in [-0.39, 0.29) is 12.1 Å². The highest BCUT2D eigenvalue weighted by Crippen LogP contribution is 2.62. The molecule has 1 aromatic rings. The van der Waals surface area contributed by atoms with Gasteiger partial charge in [0.25, 0.3) is 0 Å². The minimum absolute atomic E-state index is 0.258. The van der Waals surface area contributed by atoms with Gasteiger partial charge >= 0.3 is 35.8 Å². The lowest BCUT2D eigenvalue weighted by Crippen LogP contribution is -2.69. The van der Waals surface area contributed by atoms with Gasteiger partial charge in [-0.25, -0.2) is 0 Å². The molecule has 0 saturated heterocycles. The number of phenolic OH excluding ortho intramolecular Hbond substituents is 1. The highest BCUT2D eigenvalue weighted by atomic mass is 79.9. The summed E-state index contributed by atoms with van der Waals surface area (Å²) in [6, 6.07) is -0.635. The predicted molar refractivity (Wildman–Crippen MR) is 70.9 cm³/mol. The van der Waals surface area contributed by atoms with Crippen molar-refractivity contribution in [2.45, 2.75) is 35.8 Å². The number of benzene rings is 1. The Hall–Kier alpha value is -1.74. The lowest BCUT2D eigenvalue weighted by Gasteiger charge is -2.39. The molecule has 0 saturated carbocycles. The Bertz CT molecular complexity index is 801. The molecule has 0 aliphatic carbocycles. The standard InChI is InChI=1S/C13H4BrF13O2/c14-6-2-5(1-4(3-28)7(6)29)8(15,16)9(17,18)10(19,20)11(21,22)12(23,24)13(25,26)27/h1-3,29H. The van der Waals surface area contributed by atoms with E-state index in [4.69, 9.17) is 0 Å². The number of carbonyl (C=O) groups is 1. The molecule has 29 heavy (non-hydrogen) atoms. The number of aldehydes is 1. The Morgan fingerprint density at radius 2 is 1.14 bits per heavy atom. The van der Waals surface area contributed by atoms with Crippen molar-refractivity contribution >= 4 is 22.2 Å². The van der Waals surface area contributed by atoms with E-state index < -0.39 is 63.4 Å². The molecule has 0 aliphatic rings. The molecule has 2 nitrogen and oxygen atoms in total. The van der Waals surface area contributed by atoms with Gasteiger partial charge in [0.1, 0.15) is 5.75 Å². The lowest BCUT2D eigenvalue weighted by molar-refractivity contribution is -0.441. The molecule has 1 N–H and O–H groups in total. The quantitative estimate of drug-likeness (QED) is 0.361. The minimum atomic E-state index is -8.02. The summed E-state index contributed by atoms with van der Waals surface area (Å²) in [5.41, 5.74) is -3.62. The average molecular weight is 519 g/mol. The van der Waals surface area contributed by atoms with Gasteiger partial charge in [-0.1, -0.05) is 0 Å². The Morgan fingerprint density at radius 3 is 1.52 bits per heavy atom. The average Bonchev–Trinajstić information content (AvgIpc) is 2.55. The first-order chi connectivity index (χ1) is 12.6. The molecular weight excluding hydrogens is 515 g/mol. The third-order valence-corrected chi connectivity index (χ3v) is 4.12. The monoisotopic (exact) mass is 518 g/mol. The van der Waals surface area contributed by atoms with Crippen LogP contribution in [0.3, 0.4) is 0 Å². The molecule has 0 unspecified atom stereocenters. The topological polar surface area (TPSA) is 37.3 Å². The third-order valence-electron chi connectivity index (χ3n) is 3.52. The van der Waals surface area contributed by atoms with Crippen LogP contribution in [0.4, 0.5) is 57.1 Å². The molecule has 0 aromatic heterocycles. The number of hydrogen-bond donors (Lipinski definition) is 1. The Balaban J connectivity index is 3.71. The largest absolute Gasteiger partial charge is 0.506 e. The smallest absolute Gasteiger partial charge is 0.460 e. The number of alkyl halides is 13. The fourth-order valence-corrected chi connectivity index (χ4v) is 2.32. The van der Waals surface area contributed by atoms with Crippen molar-refractivity contribution < 1.29 is 67.0 Å². The molecule has 166 valence electrons. The van der Waals surface area contributed by atoms with E-state index in [9.17, 15) is 67.0 Å². The van der Waals surface area contributed by atoms with Crippen LogP contribution >= 0.6 is 15.9 Å². The van der Waals surface area contributed by atoms with Crippen LogP contribution in [0.1, 0.15) is 15.9 Å². The van der Waals surface area contributed by atoms with E-state index in [1.165, 1.54) is 0 Å². The summed E-state index contributed by atoms with van der Waals surface area (Å²) in [5, 5.41) is 9.27. The van der Waals surface area contributed by atoms with E-state index in [1.807, 2.05) is 0 Å². The molecule has 1 aromatic carbocycles. The molecule has 1 rings (SSSR count). The number of aromatic hydroxyl groups is 1. The first-order valence-electron chi connectivity index (χ1n) is 6.55. The fraction of sp³-hybridized carbons (Fsp3) is 0.462. The van der Waals surface area contributed by atoms with Crippen LogP contribution in [0.5, 0.6) is 5.75 Å². The number of halogens is 14. The summed E-state index contributed by atoms with van der Waals surface area (Å²) < 4.78 is 169. The van der Waals surface area contributed by atoms with Gasteiger partial charge in [0, 0.05) is 5.56 Å². The summed E-state index contributed by atoms with van der Waals surface area (Å²) in [7, 11) is 0. The fourth-order valence-electron chi connectivity index (χ4n) is 1.84. The Labute approximate surface area is 159 Å². The second-order valence-electron chi connectivity index (χ2n) is 5.38. The normalized spacial score (nSPS) is 14.8. The zero-order valence-corrected chi connectivity index (χ0v) is 14.5. The molecule has 0 fully saturated rings. The van der Waals surface area contributed by atoms with Gasteiger partial charge in [0.15, 0.2) is 6.29 Å². The van der Waals surface area contributed by atoms with Crippen LogP contribution in [0.2, 0.25) is 0 Å². The summed E-state index contributed by atoms with van der Waals surface area (Å²) in [6.45, 7) is 0. The lowest BCUT2D eigenvalue weighted by atomic mass is 9.90. The molecule has 0 spiro atoms.